The summed E-state index contributed by atoms with van der Waals surface area (Å²) in [5.41, 5.74) is 8.30. The molecule has 0 aliphatic heterocycles. The first-order valence-electron chi connectivity index (χ1n) is 6.47. The predicted octanol–water partition coefficient (Wildman–Crippen LogP) is 3.59. The van der Waals surface area contributed by atoms with Crippen LogP contribution in [0.1, 0.15) is 5.56 Å². The highest BCUT2D eigenvalue weighted by Gasteiger charge is 2.13. The molecule has 1 aromatic heterocycles. The van der Waals surface area contributed by atoms with Crippen molar-refractivity contribution in [2.75, 3.05) is 5.73 Å². The van der Waals surface area contributed by atoms with E-state index in [-0.39, 0.29) is 5.75 Å². The first-order chi connectivity index (χ1) is 10.5. The number of nitrogens with zero attached hydrogens (tertiary/aromatic N) is 3. The molecular weight excluding hydrogens is 323 g/mol. The summed E-state index contributed by atoms with van der Waals surface area (Å²) in [5.74, 6) is 0.611. The Labute approximate surface area is 136 Å². The molecule has 0 spiro atoms. The Kier molecular flexibility index (Phi) is 3.92. The number of benzene rings is 2. The van der Waals surface area contributed by atoms with E-state index in [0.717, 1.165) is 11.1 Å². The summed E-state index contributed by atoms with van der Waals surface area (Å²) in [7, 11) is 0. The fraction of sp³-hybridized carbons (Fsp3) is 0.0667. The molecular formula is C15H12Cl2N4O. The molecule has 0 atom stereocenters. The fourth-order valence-electron chi connectivity index (χ4n) is 2.07. The van der Waals surface area contributed by atoms with Crippen LogP contribution in [0.4, 0.5) is 5.82 Å². The van der Waals surface area contributed by atoms with Crippen LogP contribution in [0.2, 0.25) is 10.0 Å². The minimum Gasteiger partial charge on any atom is -0.508 e. The van der Waals surface area contributed by atoms with Crippen LogP contribution in [0.15, 0.2) is 42.5 Å². The molecule has 1 heterocycles. The van der Waals surface area contributed by atoms with Gasteiger partial charge in [0.15, 0.2) is 5.82 Å². The third-order valence-electron chi connectivity index (χ3n) is 3.25. The number of nitrogen functional groups attached to an aromatic ring is 1. The van der Waals surface area contributed by atoms with Gasteiger partial charge in [-0.1, -0.05) is 34.5 Å². The number of aromatic hydroxyl groups is 1. The number of nitrogens with two attached hydrogens (primary N) is 1. The van der Waals surface area contributed by atoms with Gasteiger partial charge in [0.1, 0.15) is 11.4 Å². The Morgan fingerprint density at radius 3 is 2.50 bits per heavy atom. The highest BCUT2D eigenvalue weighted by Crippen LogP contribution is 2.27. The smallest absolute Gasteiger partial charge is 0.150 e. The summed E-state index contributed by atoms with van der Waals surface area (Å²) in [6.07, 6.45) is 0. The van der Waals surface area contributed by atoms with Crippen molar-refractivity contribution in [3.05, 3.63) is 58.1 Å². The molecule has 112 valence electrons. The molecule has 0 saturated heterocycles. The van der Waals surface area contributed by atoms with Gasteiger partial charge in [-0.25, -0.2) is 4.68 Å². The molecule has 7 heteroatoms. The zero-order chi connectivity index (χ0) is 15.7. The van der Waals surface area contributed by atoms with Crippen LogP contribution >= 0.6 is 23.2 Å². The summed E-state index contributed by atoms with van der Waals surface area (Å²) < 4.78 is 1.57. The molecule has 3 aromatic rings. The largest absolute Gasteiger partial charge is 0.508 e. The molecule has 0 aliphatic carbocycles. The molecule has 2 aromatic carbocycles. The maximum atomic E-state index is 9.33. The van der Waals surface area contributed by atoms with Crippen LogP contribution in [-0.2, 0) is 6.54 Å². The second kappa shape index (κ2) is 5.87. The molecule has 0 fully saturated rings. The predicted molar refractivity (Wildman–Crippen MR) is 87.1 cm³/mol. The summed E-state index contributed by atoms with van der Waals surface area (Å²) in [6, 6.07) is 11.9. The molecule has 0 radical (unpaired) electrons. The minimum atomic E-state index is 0.183. The molecule has 0 amide bonds. The zero-order valence-corrected chi connectivity index (χ0v) is 12.9. The van der Waals surface area contributed by atoms with Crippen LogP contribution in [-0.4, -0.2) is 20.1 Å². The van der Waals surface area contributed by atoms with Gasteiger partial charge in [-0.05, 0) is 42.0 Å². The van der Waals surface area contributed by atoms with Gasteiger partial charge in [0.25, 0.3) is 0 Å². The Morgan fingerprint density at radius 2 is 1.82 bits per heavy atom. The Bertz CT molecular complexity index is 815. The Morgan fingerprint density at radius 1 is 1.09 bits per heavy atom. The lowest BCUT2D eigenvalue weighted by molar-refractivity contribution is 0.475. The molecule has 0 bridgehead atoms. The summed E-state index contributed by atoms with van der Waals surface area (Å²) in [4.78, 5) is 0. The number of aromatic nitrogens is 3. The van der Waals surface area contributed by atoms with Crippen LogP contribution in [0.5, 0.6) is 5.75 Å². The van der Waals surface area contributed by atoms with Gasteiger partial charge in [0.2, 0.25) is 0 Å². The maximum Gasteiger partial charge on any atom is 0.150 e. The van der Waals surface area contributed by atoms with E-state index in [4.69, 9.17) is 28.9 Å². The van der Waals surface area contributed by atoms with Crippen LogP contribution in [0.3, 0.4) is 0 Å². The number of halogens is 2. The fourth-order valence-corrected chi connectivity index (χ4v) is 2.54. The number of phenols is 1. The van der Waals surface area contributed by atoms with Crippen molar-refractivity contribution >= 4 is 29.0 Å². The van der Waals surface area contributed by atoms with E-state index in [0.29, 0.717) is 28.1 Å². The van der Waals surface area contributed by atoms with Crippen molar-refractivity contribution in [3.63, 3.8) is 0 Å². The van der Waals surface area contributed by atoms with E-state index >= 15 is 0 Å². The van der Waals surface area contributed by atoms with Crippen LogP contribution in [0.25, 0.3) is 11.3 Å². The molecule has 0 saturated carbocycles. The quantitative estimate of drug-likeness (QED) is 0.767. The monoisotopic (exact) mass is 334 g/mol. The van der Waals surface area contributed by atoms with E-state index in [9.17, 15) is 5.11 Å². The lowest BCUT2D eigenvalue weighted by Crippen LogP contribution is -2.06. The molecule has 3 N–H and O–H groups in total. The van der Waals surface area contributed by atoms with Crippen molar-refractivity contribution in [2.45, 2.75) is 6.54 Å². The maximum absolute atomic E-state index is 9.33. The van der Waals surface area contributed by atoms with Crippen molar-refractivity contribution in [3.8, 4) is 17.0 Å². The van der Waals surface area contributed by atoms with Crippen molar-refractivity contribution in [1.82, 2.24) is 15.0 Å². The first kappa shape index (κ1) is 14.7. The van der Waals surface area contributed by atoms with Gasteiger partial charge in [-0.15, -0.1) is 5.10 Å². The highest BCUT2D eigenvalue weighted by atomic mass is 35.5. The van der Waals surface area contributed by atoms with Gasteiger partial charge < -0.3 is 10.8 Å². The Balaban J connectivity index is 1.92. The average molecular weight is 335 g/mol. The van der Waals surface area contributed by atoms with Gasteiger partial charge in [-0.2, -0.15) is 0 Å². The standard InChI is InChI=1S/C15H12Cl2N4O/c16-11-4-1-10(13(17)7-11)8-21-15(18)14(19-20-21)9-2-5-12(22)6-3-9/h1-7,22H,8,18H2. The summed E-state index contributed by atoms with van der Waals surface area (Å²) in [5, 5.41) is 18.6. The number of phenolic OH excluding ortho intramolecular Hbond substituents is 1. The number of hydrogen-bond donors (Lipinski definition) is 2. The van der Waals surface area contributed by atoms with E-state index < -0.39 is 0 Å². The first-order valence-corrected chi connectivity index (χ1v) is 7.22. The number of hydrogen-bond acceptors (Lipinski definition) is 4. The lowest BCUT2D eigenvalue weighted by Gasteiger charge is -2.06. The number of anilines is 1. The molecule has 22 heavy (non-hydrogen) atoms. The highest BCUT2D eigenvalue weighted by molar-refractivity contribution is 6.35. The second-order valence-electron chi connectivity index (χ2n) is 4.76. The van der Waals surface area contributed by atoms with Gasteiger partial charge in [0, 0.05) is 15.6 Å². The van der Waals surface area contributed by atoms with Gasteiger partial charge in [-0.3, -0.25) is 0 Å². The second-order valence-corrected chi connectivity index (χ2v) is 5.61. The zero-order valence-electron chi connectivity index (χ0n) is 11.4. The van der Waals surface area contributed by atoms with Crippen LogP contribution < -0.4 is 5.73 Å². The molecule has 0 aliphatic rings. The summed E-state index contributed by atoms with van der Waals surface area (Å²) >= 11 is 12.0. The molecule has 3 rings (SSSR count). The molecule has 5 nitrogen and oxygen atoms in total. The van der Waals surface area contributed by atoms with E-state index in [1.807, 2.05) is 6.07 Å². The summed E-state index contributed by atoms with van der Waals surface area (Å²) in [6.45, 7) is 0.396. The van der Waals surface area contributed by atoms with Gasteiger partial charge >= 0.3 is 0 Å². The number of rotatable bonds is 3. The normalized spacial score (nSPS) is 10.8. The van der Waals surface area contributed by atoms with Crippen LogP contribution in [0, 0.1) is 0 Å². The SMILES string of the molecule is Nc1c(-c2ccc(O)cc2)nnn1Cc1ccc(Cl)cc1Cl. The molecule has 0 unspecified atom stereocenters. The van der Waals surface area contributed by atoms with Gasteiger partial charge in [0.05, 0.1) is 6.54 Å². The lowest BCUT2D eigenvalue weighted by atomic mass is 10.1. The minimum absolute atomic E-state index is 0.183. The third kappa shape index (κ3) is 2.86. The van der Waals surface area contributed by atoms with E-state index in [2.05, 4.69) is 10.3 Å². The van der Waals surface area contributed by atoms with E-state index in [1.165, 1.54) is 0 Å². The van der Waals surface area contributed by atoms with Crippen molar-refractivity contribution < 1.29 is 5.11 Å². The van der Waals surface area contributed by atoms with Crippen molar-refractivity contribution in [2.24, 2.45) is 0 Å². The topological polar surface area (TPSA) is 77.0 Å². The third-order valence-corrected chi connectivity index (χ3v) is 3.84. The average Bonchev–Trinajstić information content (AvgIpc) is 2.84. The Hall–Kier alpha value is -2.24. The van der Waals surface area contributed by atoms with Crippen molar-refractivity contribution in [1.29, 1.82) is 0 Å². The van der Waals surface area contributed by atoms with E-state index in [1.54, 1.807) is 41.1 Å².